The lowest BCUT2D eigenvalue weighted by Crippen LogP contribution is -2.41. The van der Waals surface area contributed by atoms with Gasteiger partial charge in [0.15, 0.2) is 0 Å². The molecule has 1 aromatic carbocycles. The van der Waals surface area contributed by atoms with Crippen LogP contribution in [0.1, 0.15) is 18.4 Å². The van der Waals surface area contributed by atoms with Gasteiger partial charge in [-0.2, -0.15) is 0 Å². The molecule has 0 bridgehead atoms. The summed E-state index contributed by atoms with van der Waals surface area (Å²) in [4.78, 5) is 14.0. The van der Waals surface area contributed by atoms with Crippen LogP contribution < -0.4 is 5.32 Å². The van der Waals surface area contributed by atoms with E-state index in [1.54, 1.807) is 7.11 Å². The number of hydrogen-bond donors (Lipinski definition) is 1. The lowest BCUT2D eigenvalue weighted by atomic mass is 10.1. The lowest BCUT2D eigenvalue weighted by molar-refractivity contribution is -0.115. The topological polar surface area (TPSA) is 41.6 Å². The van der Waals surface area contributed by atoms with Gasteiger partial charge in [-0.15, -0.1) is 0 Å². The molecule has 1 amide bonds. The summed E-state index contributed by atoms with van der Waals surface area (Å²) in [7, 11) is 1.77. The maximum absolute atomic E-state index is 11.6. The van der Waals surface area contributed by atoms with E-state index in [1.165, 1.54) is 0 Å². The normalized spacial score (nSPS) is 16.0. The van der Waals surface area contributed by atoms with Crippen molar-refractivity contribution in [3.63, 3.8) is 0 Å². The van der Waals surface area contributed by atoms with E-state index in [9.17, 15) is 4.79 Å². The van der Waals surface area contributed by atoms with Crippen molar-refractivity contribution in [3.05, 3.63) is 35.9 Å². The molecule has 0 saturated carbocycles. The van der Waals surface area contributed by atoms with E-state index in [0.717, 1.165) is 38.0 Å². The minimum Gasteiger partial charge on any atom is -0.381 e. The zero-order chi connectivity index (χ0) is 14.9. The third kappa shape index (κ3) is 5.58. The number of rotatable bonds is 4. The van der Waals surface area contributed by atoms with Crippen LogP contribution in [0.25, 0.3) is 0 Å². The highest BCUT2D eigenvalue weighted by atomic mass is 16.5. The molecule has 1 fully saturated rings. The quantitative estimate of drug-likeness (QED) is 0.848. The first kappa shape index (κ1) is 15.6. The molecule has 0 spiro atoms. The molecule has 1 aliphatic rings. The largest absolute Gasteiger partial charge is 0.381 e. The van der Waals surface area contributed by atoms with Crippen LogP contribution in [-0.4, -0.2) is 50.2 Å². The Morgan fingerprint density at radius 2 is 2.05 bits per heavy atom. The number of likely N-dealkylation sites (tertiary alicyclic amines) is 1. The molecular formula is C17H22N2O2. The third-order valence-electron chi connectivity index (χ3n) is 3.68. The molecule has 2 rings (SSSR count). The summed E-state index contributed by atoms with van der Waals surface area (Å²) in [5, 5.41) is 2.84. The van der Waals surface area contributed by atoms with Gasteiger partial charge in [-0.25, -0.2) is 0 Å². The molecule has 1 N–H and O–H groups in total. The molecule has 0 atom stereocenters. The molecule has 112 valence electrons. The average Bonchev–Trinajstić information content (AvgIpc) is 2.54. The van der Waals surface area contributed by atoms with Gasteiger partial charge in [0.05, 0.1) is 6.10 Å². The first-order chi connectivity index (χ1) is 10.3. The Morgan fingerprint density at radius 1 is 1.33 bits per heavy atom. The highest BCUT2D eigenvalue weighted by molar-refractivity contribution is 5.94. The number of carbonyl (C=O) groups excluding carboxylic acids is 1. The monoisotopic (exact) mass is 286 g/mol. The number of nitrogens with one attached hydrogen (secondary N) is 1. The van der Waals surface area contributed by atoms with E-state index in [-0.39, 0.29) is 5.91 Å². The van der Waals surface area contributed by atoms with Crippen molar-refractivity contribution < 1.29 is 9.53 Å². The zero-order valence-electron chi connectivity index (χ0n) is 12.5. The second-order valence-corrected chi connectivity index (χ2v) is 5.15. The van der Waals surface area contributed by atoms with E-state index in [2.05, 4.69) is 22.1 Å². The number of benzene rings is 1. The fourth-order valence-corrected chi connectivity index (χ4v) is 2.39. The Morgan fingerprint density at radius 3 is 2.71 bits per heavy atom. The molecule has 1 aliphatic heterocycles. The van der Waals surface area contributed by atoms with Crippen LogP contribution in [0, 0.1) is 11.8 Å². The number of piperidine rings is 1. The van der Waals surface area contributed by atoms with Crippen LogP contribution in [0.2, 0.25) is 0 Å². The number of hydrogen-bond acceptors (Lipinski definition) is 3. The SMILES string of the molecule is COC1CCN(CCNC(=O)C#Cc2ccccc2)CC1. The van der Waals surface area contributed by atoms with Gasteiger partial charge in [0.2, 0.25) is 0 Å². The van der Waals surface area contributed by atoms with Gasteiger partial charge < -0.3 is 15.0 Å². The van der Waals surface area contributed by atoms with Gasteiger partial charge in [-0.05, 0) is 25.0 Å². The van der Waals surface area contributed by atoms with Crippen molar-refractivity contribution in [1.82, 2.24) is 10.2 Å². The smallest absolute Gasteiger partial charge is 0.296 e. The van der Waals surface area contributed by atoms with Crippen LogP contribution in [-0.2, 0) is 9.53 Å². The second-order valence-electron chi connectivity index (χ2n) is 5.15. The van der Waals surface area contributed by atoms with Gasteiger partial charge in [0.1, 0.15) is 0 Å². The Labute approximate surface area is 126 Å². The Kier molecular flexibility index (Phi) is 6.26. The summed E-state index contributed by atoms with van der Waals surface area (Å²) in [5.74, 6) is 5.25. The predicted molar refractivity (Wildman–Crippen MR) is 82.8 cm³/mol. The van der Waals surface area contributed by atoms with Gasteiger partial charge in [0.25, 0.3) is 5.91 Å². The van der Waals surface area contributed by atoms with Crippen molar-refractivity contribution in [1.29, 1.82) is 0 Å². The minimum absolute atomic E-state index is 0.217. The summed E-state index contributed by atoms with van der Waals surface area (Å²) in [6, 6.07) is 9.52. The van der Waals surface area contributed by atoms with Crippen LogP contribution in [0.5, 0.6) is 0 Å². The highest BCUT2D eigenvalue weighted by Crippen LogP contribution is 2.11. The summed E-state index contributed by atoms with van der Waals surface area (Å²) in [6.07, 6.45) is 2.53. The maximum atomic E-state index is 11.6. The Bertz CT molecular complexity index is 497. The van der Waals surface area contributed by atoms with Crippen molar-refractivity contribution in [3.8, 4) is 11.8 Å². The number of amides is 1. The van der Waals surface area contributed by atoms with Gasteiger partial charge in [0, 0.05) is 44.8 Å². The number of carbonyl (C=O) groups is 1. The molecular weight excluding hydrogens is 264 g/mol. The van der Waals surface area contributed by atoms with Crippen molar-refractivity contribution in [2.24, 2.45) is 0 Å². The van der Waals surface area contributed by atoms with Gasteiger partial charge in [-0.1, -0.05) is 24.1 Å². The van der Waals surface area contributed by atoms with Crippen molar-refractivity contribution >= 4 is 5.91 Å². The Hall–Kier alpha value is -1.83. The number of methoxy groups -OCH3 is 1. The van der Waals surface area contributed by atoms with E-state index in [0.29, 0.717) is 12.6 Å². The predicted octanol–water partition coefficient (Wildman–Crippen LogP) is 1.27. The molecule has 1 aromatic rings. The lowest BCUT2D eigenvalue weighted by Gasteiger charge is -2.30. The molecule has 4 heteroatoms. The molecule has 0 radical (unpaired) electrons. The number of ether oxygens (including phenoxy) is 1. The van der Waals surface area contributed by atoms with E-state index in [4.69, 9.17) is 4.74 Å². The standard InChI is InChI=1S/C17H22N2O2/c1-21-16-9-12-19(13-10-16)14-11-18-17(20)8-7-15-5-3-2-4-6-15/h2-6,16H,9-14H2,1H3,(H,18,20). The fourth-order valence-electron chi connectivity index (χ4n) is 2.39. The van der Waals surface area contributed by atoms with E-state index < -0.39 is 0 Å². The van der Waals surface area contributed by atoms with Crippen molar-refractivity contribution in [2.45, 2.75) is 18.9 Å². The summed E-state index contributed by atoms with van der Waals surface area (Å²) >= 11 is 0. The van der Waals surface area contributed by atoms with Crippen LogP contribution in [0.3, 0.4) is 0 Å². The maximum Gasteiger partial charge on any atom is 0.296 e. The summed E-state index contributed by atoms with van der Waals surface area (Å²) < 4.78 is 5.34. The molecule has 0 aromatic heterocycles. The average molecular weight is 286 g/mol. The summed E-state index contributed by atoms with van der Waals surface area (Å²) in [5.41, 5.74) is 0.856. The highest BCUT2D eigenvalue weighted by Gasteiger charge is 2.17. The molecule has 0 aliphatic carbocycles. The van der Waals surface area contributed by atoms with E-state index >= 15 is 0 Å². The summed E-state index contributed by atoms with van der Waals surface area (Å²) in [6.45, 7) is 3.57. The Balaban J connectivity index is 1.65. The minimum atomic E-state index is -0.217. The first-order valence-electron chi connectivity index (χ1n) is 7.38. The molecule has 1 heterocycles. The molecule has 1 saturated heterocycles. The number of nitrogens with zero attached hydrogens (tertiary/aromatic N) is 1. The molecule has 4 nitrogen and oxygen atoms in total. The third-order valence-corrected chi connectivity index (χ3v) is 3.68. The second kappa shape index (κ2) is 8.46. The zero-order valence-corrected chi connectivity index (χ0v) is 12.5. The van der Waals surface area contributed by atoms with Crippen LogP contribution >= 0.6 is 0 Å². The fraction of sp³-hybridized carbons (Fsp3) is 0.471. The first-order valence-corrected chi connectivity index (χ1v) is 7.38. The van der Waals surface area contributed by atoms with Crippen LogP contribution in [0.4, 0.5) is 0 Å². The van der Waals surface area contributed by atoms with Gasteiger partial charge >= 0.3 is 0 Å². The van der Waals surface area contributed by atoms with E-state index in [1.807, 2.05) is 30.3 Å². The van der Waals surface area contributed by atoms with Gasteiger partial charge in [-0.3, -0.25) is 4.79 Å². The molecule has 21 heavy (non-hydrogen) atoms. The van der Waals surface area contributed by atoms with Crippen molar-refractivity contribution in [2.75, 3.05) is 33.3 Å². The molecule has 0 unspecified atom stereocenters. The van der Waals surface area contributed by atoms with Crippen LogP contribution in [0.15, 0.2) is 30.3 Å².